The quantitative estimate of drug-likeness (QED) is 0.536. The molecular weight excluding hydrogens is 480 g/mol. The molecule has 2 saturated heterocycles. The van der Waals surface area contributed by atoms with E-state index in [0.29, 0.717) is 6.04 Å². The highest BCUT2D eigenvalue weighted by Gasteiger charge is 2.41. The predicted molar refractivity (Wildman–Crippen MR) is 102 cm³/mol. The first-order valence-corrected chi connectivity index (χ1v) is 9.77. The average molecular weight is 503 g/mol. The van der Waals surface area contributed by atoms with Gasteiger partial charge in [-0.3, -0.25) is 14.7 Å². The zero-order valence-corrected chi connectivity index (χ0v) is 17.8. The van der Waals surface area contributed by atoms with Crippen molar-refractivity contribution in [2.75, 3.05) is 13.6 Å². The van der Waals surface area contributed by atoms with Crippen LogP contribution in [0.25, 0.3) is 0 Å². The summed E-state index contributed by atoms with van der Waals surface area (Å²) in [5, 5.41) is 16.9. The summed E-state index contributed by atoms with van der Waals surface area (Å²) in [6.45, 7) is 1.95. The van der Waals surface area contributed by atoms with Crippen LogP contribution in [0.2, 0.25) is 0 Å². The van der Waals surface area contributed by atoms with Gasteiger partial charge < -0.3 is 20.3 Å². The molecule has 0 bridgehead atoms. The maximum absolute atomic E-state index is 11.7. The molecule has 2 aliphatic heterocycles. The Hall–Kier alpha value is -2.94. The molecule has 3 atom stereocenters. The number of rotatable bonds is 3. The Kier molecular flexibility index (Phi) is 10.7. The minimum Gasteiger partial charge on any atom is -0.475 e. The molecule has 34 heavy (non-hydrogen) atoms. The van der Waals surface area contributed by atoms with Crippen molar-refractivity contribution in [3.05, 3.63) is 30.1 Å². The summed E-state index contributed by atoms with van der Waals surface area (Å²) in [4.78, 5) is 36.1. The number of halogens is 6. The molecule has 0 aromatic carbocycles. The van der Waals surface area contributed by atoms with E-state index in [0.717, 1.165) is 32.4 Å². The summed E-state index contributed by atoms with van der Waals surface area (Å²) >= 11 is 0. The number of pyridine rings is 1. The zero-order valence-electron chi connectivity index (χ0n) is 17.8. The van der Waals surface area contributed by atoms with Gasteiger partial charge in [0.05, 0.1) is 6.10 Å². The summed E-state index contributed by atoms with van der Waals surface area (Å²) in [7, 11) is 1.67. The fraction of sp³-hybridized carbons (Fsp3) is 0.579. The number of carbonyl (C=O) groups excluding carboxylic acids is 1. The topological polar surface area (TPSA) is 129 Å². The smallest absolute Gasteiger partial charge is 0.475 e. The first kappa shape index (κ1) is 29.1. The van der Waals surface area contributed by atoms with Gasteiger partial charge in [-0.1, -0.05) is 6.07 Å². The standard InChI is InChI=1S/C15H21N3O2.2C2HF3O2/c1-16-15(19)14-5-4-12-13(20-14)6-8-18(12)10-11-3-2-7-17-9-11;2*3-2(4,5)1(6)7/h2-3,7,9,12-14H,4-6,8,10H2,1H3,(H,16,19);2*(H,6,7)/t12-,13-,14+;;/m1../s1. The minimum atomic E-state index is -5.08. The van der Waals surface area contributed by atoms with Crippen molar-refractivity contribution in [1.82, 2.24) is 15.2 Å². The molecule has 192 valence electrons. The van der Waals surface area contributed by atoms with Crippen LogP contribution in [0.4, 0.5) is 26.3 Å². The summed E-state index contributed by atoms with van der Waals surface area (Å²) in [5.74, 6) is -5.51. The summed E-state index contributed by atoms with van der Waals surface area (Å²) in [5.41, 5.74) is 1.24. The van der Waals surface area contributed by atoms with Crippen molar-refractivity contribution in [2.45, 2.75) is 56.4 Å². The van der Waals surface area contributed by atoms with E-state index in [2.05, 4.69) is 21.3 Å². The number of alkyl halides is 6. The maximum Gasteiger partial charge on any atom is 0.490 e. The van der Waals surface area contributed by atoms with E-state index < -0.39 is 24.3 Å². The predicted octanol–water partition coefficient (Wildman–Crippen LogP) is 2.22. The number of hydrogen-bond donors (Lipinski definition) is 3. The number of aromatic nitrogens is 1. The number of amides is 1. The van der Waals surface area contributed by atoms with Gasteiger partial charge in [0.2, 0.25) is 5.91 Å². The third kappa shape index (κ3) is 9.51. The number of ether oxygens (including phenoxy) is 1. The largest absolute Gasteiger partial charge is 0.490 e. The molecular formula is C19H23F6N3O6. The van der Waals surface area contributed by atoms with Gasteiger partial charge in [0.25, 0.3) is 0 Å². The Morgan fingerprint density at radius 2 is 1.65 bits per heavy atom. The van der Waals surface area contributed by atoms with E-state index in [4.69, 9.17) is 24.5 Å². The molecule has 3 rings (SSSR count). The Balaban J connectivity index is 0.000000343. The first-order chi connectivity index (χ1) is 15.7. The van der Waals surface area contributed by atoms with Crippen molar-refractivity contribution in [1.29, 1.82) is 0 Å². The molecule has 1 aromatic heterocycles. The summed E-state index contributed by atoms with van der Waals surface area (Å²) in [6, 6.07) is 4.52. The molecule has 0 unspecified atom stereocenters. The van der Waals surface area contributed by atoms with Crippen molar-refractivity contribution < 1.29 is 55.7 Å². The van der Waals surface area contributed by atoms with Crippen LogP contribution in [0, 0.1) is 0 Å². The lowest BCUT2D eigenvalue weighted by molar-refractivity contribution is -0.193. The van der Waals surface area contributed by atoms with Crippen molar-refractivity contribution in [2.24, 2.45) is 0 Å². The van der Waals surface area contributed by atoms with Crippen LogP contribution in [0.5, 0.6) is 0 Å². The maximum atomic E-state index is 11.7. The molecule has 0 saturated carbocycles. The number of likely N-dealkylation sites (tertiary alicyclic amines) is 1. The molecule has 0 spiro atoms. The third-order valence-electron chi connectivity index (χ3n) is 4.79. The number of aliphatic carboxylic acids is 2. The summed E-state index contributed by atoms with van der Waals surface area (Å²) < 4.78 is 69.4. The number of nitrogens with zero attached hydrogens (tertiary/aromatic N) is 2. The van der Waals surface area contributed by atoms with E-state index in [1.54, 1.807) is 13.2 Å². The van der Waals surface area contributed by atoms with Gasteiger partial charge in [0.15, 0.2) is 0 Å². The van der Waals surface area contributed by atoms with E-state index >= 15 is 0 Å². The van der Waals surface area contributed by atoms with Crippen LogP contribution >= 0.6 is 0 Å². The molecule has 0 aliphatic carbocycles. The average Bonchev–Trinajstić information content (AvgIpc) is 3.15. The van der Waals surface area contributed by atoms with Gasteiger partial charge in [-0.2, -0.15) is 26.3 Å². The van der Waals surface area contributed by atoms with Gasteiger partial charge >= 0.3 is 24.3 Å². The van der Waals surface area contributed by atoms with Crippen LogP contribution in [-0.4, -0.2) is 82.1 Å². The van der Waals surface area contributed by atoms with Gasteiger partial charge in [-0.05, 0) is 30.9 Å². The number of hydrogen-bond acceptors (Lipinski definition) is 6. The van der Waals surface area contributed by atoms with Crippen molar-refractivity contribution >= 4 is 17.8 Å². The molecule has 1 aromatic rings. The Labute approximate surface area is 189 Å². The highest BCUT2D eigenvalue weighted by atomic mass is 19.4. The summed E-state index contributed by atoms with van der Waals surface area (Å²) in [6.07, 6.45) is -3.66. The van der Waals surface area contributed by atoms with Crippen LogP contribution in [-0.2, 0) is 25.7 Å². The minimum absolute atomic E-state index is 0.00848. The highest BCUT2D eigenvalue weighted by Crippen LogP contribution is 2.32. The van der Waals surface area contributed by atoms with Gasteiger partial charge in [-0.15, -0.1) is 0 Å². The normalized spacial score (nSPS) is 22.3. The molecule has 3 heterocycles. The molecule has 2 aliphatic rings. The molecule has 9 nitrogen and oxygen atoms in total. The Morgan fingerprint density at radius 3 is 2.09 bits per heavy atom. The van der Waals surface area contributed by atoms with Crippen LogP contribution < -0.4 is 5.32 Å². The number of carboxylic acids is 2. The first-order valence-electron chi connectivity index (χ1n) is 9.77. The van der Waals surface area contributed by atoms with Gasteiger partial charge in [-0.25, -0.2) is 9.59 Å². The molecule has 2 fully saturated rings. The fourth-order valence-corrected chi connectivity index (χ4v) is 3.29. The van der Waals surface area contributed by atoms with Gasteiger partial charge in [0.1, 0.15) is 6.10 Å². The zero-order chi connectivity index (χ0) is 26.1. The Morgan fingerprint density at radius 1 is 1.09 bits per heavy atom. The molecule has 1 amide bonds. The monoisotopic (exact) mass is 503 g/mol. The van der Waals surface area contributed by atoms with Crippen LogP contribution in [0.15, 0.2) is 24.5 Å². The lowest BCUT2D eigenvalue weighted by Gasteiger charge is -2.35. The lowest BCUT2D eigenvalue weighted by Crippen LogP contribution is -2.47. The SMILES string of the molecule is CNC(=O)[C@@H]1CC[C@@H]2[C@@H](CCN2Cc2cccnc2)O1.O=C(O)C(F)(F)F.O=C(O)C(F)(F)F. The van der Waals surface area contributed by atoms with Crippen LogP contribution in [0.1, 0.15) is 24.8 Å². The van der Waals surface area contributed by atoms with E-state index in [1.807, 2.05) is 12.3 Å². The number of likely N-dealkylation sites (N-methyl/N-ethyl adjacent to an activating group) is 1. The number of fused-ring (bicyclic) bond motifs is 1. The molecule has 3 N–H and O–H groups in total. The van der Waals surface area contributed by atoms with E-state index in [9.17, 15) is 31.1 Å². The van der Waals surface area contributed by atoms with Gasteiger partial charge in [0, 0.05) is 38.6 Å². The second-order valence-electron chi connectivity index (χ2n) is 7.15. The number of nitrogens with one attached hydrogen (secondary N) is 1. The molecule has 15 heteroatoms. The highest BCUT2D eigenvalue weighted by molar-refractivity contribution is 5.80. The van der Waals surface area contributed by atoms with E-state index in [1.165, 1.54) is 5.56 Å². The third-order valence-corrected chi connectivity index (χ3v) is 4.79. The van der Waals surface area contributed by atoms with Crippen molar-refractivity contribution in [3.63, 3.8) is 0 Å². The van der Waals surface area contributed by atoms with Crippen molar-refractivity contribution in [3.8, 4) is 0 Å². The van der Waals surface area contributed by atoms with Crippen LogP contribution in [0.3, 0.4) is 0 Å². The lowest BCUT2D eigenvalue weighted by atomic mass is 9.98. The fourth-order valence-electron chi connectivity index (χ4n) is 3.29. The number of carbonyl (C=O) groups is 3. The van der Waals surface area contributed by atoms with E-state index in [-0.39, 0.29) is 18.1 Å². The second-order valence-corrected chi connectivity index (χ2v) is 7.15. The molecule has 0 radical (unpaired) electrons. The Bertz CT molecular complexity index is 797. The second kappa shape index (κ2) is 12.5. The number of carboxylic acid groups (broad SMARTS) is 2.